The molecule has 2 atom stereocenters. The molecule has 0 amide bonds. The van der Waals surface area contributed by atoms with Crippen molar-refractivity contribution in [1.82, 2.24) is 5.32 Å². The van der Waals surface area contributed by atoms with Crippen molar-refractivity contribution in [1.29, 1.82) is 0 Å². The molecule has 0 aliphatic carbocycles. The summed E-state index contributed by atoms with van der Waals surface area (Å²) in [6.45, 7) is 0.609. The molecule has 3 rings (SSSR count). The molecule has 2 unspecified atom stereocenters. The van der Waals surface area contributed by atoms with E-state index in [4.69, 9.17) is 4.74 Å². The second-order valence-electron chi connectivity index (χ2n) is 5.25. The molecule has 2 nitrogen and oxygen atoms in total. The maximum atomic E-state index is 13.5. The molecule has 0 radical (unpaired) electrons. The highest BCUT2D eigenvalue weighted by Gasteiger charge is 2.29. The van der Waals surface area contributed by atoms with Crippen LogP contribution < -0.4 is 10.1 Å². The largest absolute Gasteiger partial charge is 0.493 e. The van der Waals surface area contributed by atoms with E-state index in [0.717, 1.165) is 23.8 Å². The van der Waals surface area contributed by atoms with E-state index >= 15 is 0 Å². The molecule has 1 N–H and O–H groups in total. The van der Waals surface area contributed by atoms with Crippen LogP contribution in [0.2, 0.25) is 0 Å². The van der Waals surface area contributed by atoms with Gasteiger partial charge in [0.2, 0.25) is 0 Å². The second-order valence-corrected chi connectivity index (χ2v) is 5.25. The van der Waals surface area contributed by atoms with Crippen LogP contribution in [0.5, 0.6) is 5.75 Å². The van der Waals surface area contributed by atoms with Crippen molar-refractivity contribution >= 4 is 0 Å². The van der Waals surface area contributed by atoms with Crippen LogP contribution in [0.4, 0.5) is 8.78 Å². The fourth-order valence-corrected chi connectivity index (χ4v) is 3.07. The lowest BCUT2D eigenvalue weighted by molar-refractivity contribution is 0.248. The third-order valence-electron chi connectivity index (χ3n) is 3.96. The topological polar surface area (TPSA) is 21.3 Å². The van der Waals surface area contributed by atoms with Crippen molar-refractivity contribution in [2.75, 3.05) is 13.7 Å². The Morgan fingerprint density at radius 3 is 2.57 bits per heavy atom. The van der Waals surface area contributed by atoms with E-state index in [-0.39, 0.29) is 12.0 Å². The quantitative estimate of drug-likeness (QED) is 0.928. The van der Waals surface area contributed by atoms with Crippen LogP contribution in [0.3, 0.4) is 0 Å². The van der Waals surface area contributed by atoms with Gasteiger partial charge in [0.1, 0.15) is 17.4 Å². The van der Waals surface area contributed by atoms with Crippen molar-refractivity contribution in [2.45, 2.75) is 18.4 Å². The van der Waals surface area contributed by atoms with Crippen molar-refractivity contribution in [3.05, 3.63) is 65.2 Å². The summed E-state index contributed by atoms with van der Waals surface area (Å²) in [4.78, 5) is 0. The Balaban J connectivity index is 2.01. The fourth-order valence-electron chi connectivity index (χ4n) is 3.07. The zero-order chi connectivity index (χ0) is 14.8. The Morgan fingerprint density at radius 1 is 1.14 bits per heavy atom. The Labute approximate surface area is 122 Å². The van der Waals surface area contributed by atoms with Gasteiger partial charge in [0.25, 0.3) is 0 Å². The molecule has 1 aliphatic rings. The first kappa shape index (κ1) is 14.0. The highest BCUT2D eigenvalue weighted by molar-refractivity contribution is 5.40. The number of halogens is 2. The summed E-state index contributed by atoms with van der Waals surface area (Å²) < 4.78 is 32.6. The number of rotatable bonds is 3. The van der Waals surface area contributed by atoms with Crippen LogP contribution in [-0.4, -0.2) is 13.7 Å². The average molecular weight is 289 g/mol. The maximum Gasteiger partial charge on any atom is 0.126 e. The van der Waals surface area contributed by atoms with Crippen LogP contribution >= 0.6 is 0 Å². The summed E-state index contributed by atoms with van der Waals surface area (Å²) >= 11 is 0. The second kappa shape index (κ2) is 5.82. The molecule has 110 valence electrons. The van der Waals surface area contributed by atoms with E-state index < -0.39 is 11.6 Å². The van der Waals surface area contributed by atoms with Gasteiger partial charge in [-0.2, -0.15) is 0 Å². The van der Waals surface area contributed by atoms with Gasteiger partial charge in [0.15, 0.2) is 0 Å². The molecule has 0 bridgehead atoms. The number of ether oxygens (including phenoxy) is 1. The minimum Gasteiger partial charge on any atom is -0.493 e. The van der Waals surface area contributed by atoms with Gasteiger partial charge < -0.3 is 10.1 Å². The van der Waals surface area contributed by atoms with Gasteiger partial charge in [0.05, 0.1) is 6.61 Å². The Bertz CT molecular complexity index is 624. The van der Waals surface area contributed by atoms with Gasteiger partial charge in [0, 0.05) is 18.0 Å². The lowest BCUT2D eigenvalue weighted by Crippen LogP contribution is -2.28. The van der Waals surface area contributed by atoms with Crippen LogP contribution in [0.15, 0.2) is 42.5 Å². The summed E-state index contributed by atoms with van der Waals surface area (Å²) in [5, 5.41) is 3.19. The number of likely N-dealkylation sites (N-methyl/N-ethyl adjacent to an activating group) is 1. The summed E-state index contributed by atoms with van der Waals surface area (Å²) in [6, 6.07) is 11.4. The van der Waals surface area contributed by atoms with Gasteiger partial charge in [-0.25, -0.2) is 8.78 Å². The predicted octanol–water partition coefficient (Wildman–Crippen LogP) is 3.79. The number of nitrogens with one attached hydrogen (secondary N) is 1. The molecule has 2 aromatic rings. The Hall–Kier alpha value is -1.94. The minimum atomic E-state index is -0.550. The van der Waals surface area contributed by atoms with E-state index in [9.17, 15) is 8.78 Å². The molecule has 0 saturated carbocycles. The molecule has 1 aliphatic heterocycles. The molecule has 21 heavy (non-hydrogen) atoms. The molecule has 4 heteroatoms. The molecule has 0 fully saturated rings. The monoisotopic (exact) mass is 289 g/mol. The third-order valence-corrected chi connectivity index (χ3v) is 3.96. The summed E-state index contributed by atoms with van der Waals surface area (Å²) in [6.07, 6.45) is 0.806. The Kier molecular flexibility index (Phi) is 3.88. The summed E-state index contributed by atoms with van der Waals surface area (Å²) in [5.74, 6) is -0.122. The standard InChI is InChI=1S/C17H17F2NO/c1-20-17(11-8-12(18)10-13(19)9-11)15-6-7-21-16-5-3-2-4-14(15)16/h2-5,8-10,15,17,20H,6-7H2,1H3. The fraction of sp³-hybridized carbons (Fsp3) is 0.294. The minimum absolute atomic E-state index is 0.126. The number of hydrogen-bond donors (Lipinski definition) is 1. The normalized spacial score (nSPS) is 18.7. The van der Waals surface area contributed by atoms with Crippen molar-refractivity contribution in [3.63, 3.8) is 0 Å². The zero-order valence-electron chi connectivity index (χ0n) is 11.8. The van der Waals surface area contributed by atoms with Crippen LogP contribution in [0.1, 0.15) is 29.5 Å². The molecule has 0 saturated heterocycles. The van der Waals surface area contributed by atoms with Crippen LogP contribution in [0, 0.1) is 11.6 Å². The number of fused-ring (bicyclic) bond motifs is 1. The van der Waals surface area contributed by atoms with Gasteiger partial charge in [-0.15, -0.1) is 0 Å². The highest BCUT2D eigenvalue weighted by atomic mass is 19.1. The average Bonchev–Trinajstić information content (AvgIpc) is 2.47. The number of hydrogen-bond acceptors (Lipinski definition) is 2. The van der Waals surface area contributed by atoms with Crippen molar-refractivity contribution in [3.8, 4) is 5.75 Å². The molecule has 0 aromatic heterocycles. The molecular weight excluding hydrogens is 272 g/mol. The van der Waals surface area contributed by atoms with Gasteiger partial charge in [-0.05, 0) is 42.8 Å². The first-order valence-electron chi connectivity index (χ1n) is 7.04. The predicted molar refractivity (Wildman–Crippen MR) is 77.5 cm³/mol. The number of para-hydroxylation sites is 1. The lowest BCUT2D eigenvalue weighted by Gasteiger charge is -2.32. The molecule has 0 spiro atoms. The van der Waals surface area contributed by atoms with Crippen molar-refractivity contribution in [2.24, 2.45) is 0 Å². The van der Waals surface area contributed by atoms with Crippen LogP contribution in [-0.2, 0) is 0 Å². The summed E-state index contributed by atoms with van der Waals surface area (Å²) in [7, 11) is 1.81. The van der Waals surface area contributed by atoms with E-state index in [1.54, 1.807) is 0 Å². The lowest BCUT2D eigenvalue weighted by atomic mass is 9.83. The van der Waals surface area contributed by atoms with E-state index in [0.29, 0.717) is 12.2 Å². The number of benzene rings is 2. The molecule has 2 aromatic carbocycles. The third kappa shape index (κ3) is 2.76. The van der Waals surface area contributed by atoms with E-state index in [1.165, 1.54) is 12.1 Å². The van der Waals surface area contributed by atoms with Gasteiger partial charge in [-0.3, -0.25) is 0 Å². The molecule has 1 heterocycles. The van der Waals surface area contributed by atoms with Crippen LogP contribution in [0.25, 0.3) is 0 Å². The van der Waals surface area contributed by atoms with Gasteiger partial charge in [-0.1, -0.05) is 18.2 Å². The van der Waals surface area contributed by atoms with Crippen molar-refractivity contribution < 1.29 is 13.5 Å². The molecular formula is C17H17F2NO. The SMILES string of the molecule is CNC(c1cc(F)cc(F)c1)C1CCOc2ccccc21. The van der Waals surface area contributed by atoms with Gasteiger partial charge >= 0.3 is 0 Å². The maximum absolute atomic E-state index is 13.5. The van der Waals surface area contributed by atoms with E-state index in [2.05, 4.69) is 5.32 Å². The van der Waals surface area contributed by atoms with E-state index in [1.807, 2.05) is 31.3 Å². The first-order chi connectivity index (χ1) is 10.2. The Morgan fingerprint density at radius 2 is 1.86 bits per heavy atom. The zero-order valence-corrected chi connectivity index (χ0v) is 11.8. The first-order valence-corrected chi connectivity index (χ1v) is 7.04. The smallest absolute Gasteiger partial charge is 0.126 e. The summed E-state index contributed by atoms with van der Waals surface area (Å²) in [5.41, 5.74) is 1.70. The highest BCUT2D eigenvalue weighted by Crippen LogP contribution is 2.41.